The van der Waals surface area contributed by atoms with Crippen LogP contribution in [0, 0.1) is 0 Å². The van der Waals surface area contributed by atoms with Crippen molar-refractivity contribution >= 4 is 18.2 Å². The average Bonchev–Trinajstić information content (AvgIpc) is 2.15. The summed E-state index contributed by atoms with van der Waals surface area (Å²) in [6, 6.07) is 0. The molecule has 3 heteroatoms. The third-order valence-electron chi connectivity index (χ3n) is 2.33. The van der Waals surface area contributed by atoms with Crippen LogP contribution in [0.2, 0.25) is 0 Å². The summed E-state index contributed by atoms with van der Waals surface area (Å²) in [5.74, 6) is 0. The minimum atomic E-state index is -0.298. The van der Waals surface area contributed by atoms with Crippen molar-refractivity contribution in [1.82, 2.24) is 4.72 Å². The van der Waals surface area contributed by atoms with E-state index in [0.717, 1.165) is 30.5 Å². The number of nitrogens with one attached hydrogen (secondary N) is 1. The summed E-state index contributed by atoms with van der Waals surface area (Å²) < 4.78 is 3.18. The van der Waals surface area contributed by atoms with Gasteiger partial charge in [0, 0.05) is 4.91 Å². The number of carbonyl (C=O) groups is 1. The zero-order valence-corrected chi connectivity index (χ0v) is 8.98. The van der Waals surface area contributed by atoms with Crippen LogP contribution < -0.4 is 4.72 Å². The molecule has 0 aromatic heterocycles. The number of hydrogen-bond acceptors (Lipinski definition) is 3. The van der Waals surface area contributed by atoms with Crippen molar-refractivity contribution in [1.29, 1.82) is 0 Å². The van der Waals surface area contributed by atoms with Gasteiger partial charge in [-0.3, -0.25) is 0 Å². The van der Waals surface area contributed by atoms with Crippen LogP contribution in [0.5, 0.6) is 0 Å². The Balaban J connectivity index is 2.45. The van der Waals surface area contributed by atoms with Crippen LogP contribution >= 0.6 is 11.9 Å². The van der Waals surface area contributed by atoms with Gasteiger partial charge in [0.15, 0.2) is 0 Å². The number of rotatable bonds is 6. The maximum absolute atomic E-state index is 10.8. The first-order valence-electron chi connectivity index (χ1n) is 4.62. The SMILES string of the molecule is C=C/C=C(\C=C)SNC1(C=O)CCC1. The van der Waals surface area contributed by atoms with Gasteiger partial charge in [0.05, 0.1) is 5.54 Å². The van der Waals surface area contributed by atoms with Gasteiger partial charge in [-0.05, 0) is 37.3 Å². The van der Waals surface area contributed by atoms with Crippen molar-refractivity contribution in [2.24, 2.45) is 0 Å². The van der Waals surface area contributed by atoms with E-state index in [0.29, 0.717) is 0 Å². The molecule has 0 aromatic rings. The van der Waals surface area contributed by atoms with Gasteiger partial charge >= 0.3 is 0 Å². The first-order valence-corrected chi connectivity index (χ1v) is 5.43. The third-order valence-corrected chi connectivity index (χ3v) is 3.37. The van der Waals surface area contributed by atoms with Crippen molar-refractivity contribution < 1.29 is 4.79 Å². The summed E-state index contributed by atoms with van der Waals surface area (Å²) in [5, 5.41) is 0. The lowest BCUT2D eigenvalue weighted by molar-refractivity contribution is -0.115. The first-order chi connectivity index (χ1) is 6.76. The van der Waals surface area contributed by atoms with E-state index >= 15 is 0 Å². The second-order valence-electron chi connectivity index (χ2n) is 3.34. The van der Waals surface area contributed by atoms with Gasteiger partial charge in [-0.2, -0.15) is 0 Å². The summed E-state index contributed by atoms with van der Waals surface area (Å²) >= 11 is 1.44. The summed E-state index contributed by atoms with van der Waals surface area (Å²) in [7, 11) is 0. The van der Waals surface area contributed by atoms with Crippen LogP contribution in [-0.2, 0) is 4.79 Å². The molecule has 2 nitrogen and oxygen atoms in total. The molecule has 14 heavy (non-hydrogen) atoms. The van der Waals surface area contributed by atoms with Gasteiger partial charge in [-0.1, -0.05) is 25.3 Å². The molecule has 0 spiro atoms. The molecule has 0 unspecified atom stereocenters. The highest BCUT2D eigenvalue weighted by Gasteiger charge is 2.36. The molecule has 1 aliphatic carbocycles. The van der Waals surface area contributed by atoms with E-state index in [-0.39, 0.29) is 5.54 Å². The lowest BCUT2D eigenvalue weighted by Crippen LogP contribution is -2.49. The second kappa shape index (κ2) is 5.17. The number of hydrogen-bond donors (Lipinski definition) is 1. The van der Waals surface area contributed by atoms with Crippen molar-refractivity contribution in [3.63, 3.8) is 0 Å². The quantitative estimate of drug-likeness (QED) is 0.414. The van der Waals surface area contributed by atoms with Crippen molar-refractivity contribution in [2.45, 2.75) is 24.8 Å². The van der Waals surface area contributed by atoms with E-state index in [4.69, 9.17) is 0 Å². The Kier molecular flexibility index (Phi) is 4.17. The van der Waals surface area contributed by atoms with E-state index in [2.05, 4.69) is 17.9 Å². The predicted octanol–water partition coefficient (Wildman–Crippen LogP) is 2.60. The molecule has 1 N–H and O–H groups in total. The monoisotopic (exact) mass is 209 g/mol. The fraction of sp³-hybridized carbons (Fsp3) is 0.364. The molecule has 1 aliphatic rings. The normalized spacial score (nSPS) is 19.6. The second-order valence-corrected chi connectivity index (χ2v) is 4.22. The van der Waals surface area contributed by atoms with Crippen molar-refractivity contribution in [3.8, 4) is 0 Å². The molecule has 1 rings (SSSR count). The molecule has 0 heterocycles. The van der Waals surface area contributed by atoms with Crippen LogP contribution in [0.4, 0.5) is 0 Å². The highest BCUT2D eigenvalue weighted by molar-refractivity contribution is 8.01. The lowest BCUT2D eigenvalue weighted by Gasteiger charge is -2.36. The summed E-state index contributed by atoms with van der Waals surface area (Å²) in [5.41, 5.74) is -0.298. The van der Waals surface area contributed by atoms with Gasteiger partial charge < -0.3 is 4.79 Å². The topological polar surface area (TPSA) is 29.1 Å². The fourth-order valence-corrected chi connectivity index (χ4v) is 2.04. The minimum Gasteiger partial charge on any atom is -0.301 e. The Morgan fingerprint density at radius 1 is 1.43 bits per heavy atom. The molecule has 1 saturated carbocycles. The molecular weight excluding hydrogens is 194 g/mol. The van der Waals surface area contributed by atoms with Crippen LogP contribution in [0.1, 0.15) is 19.3 Å². The largest absolute Gasteiger partial charge is 0.301 e. The molecule has 0 radical (unpaired) electrons. The lowest BCUT2D eigenvalue weighted by atomic mass is 9.79. The Morgan fingerprint density at radius 3 is 2.50 bits per heavy atom. The Labute approximate surface area is 89.3 Å². The van der Waals surface area contributed by atoms with Crippen LogP contribution in [0.3, 0.4) is 0 Å². The van der Waals surface area contributed by atoms with Gasteiger partial charge in [0.2, 0.25) is 0 Å². The molecule has 1 fully saturated rings. The first kappa shape index (κ1) is 11.3. The molecule has 0 aromatic carbocycles. The standard InChI is InChI=1S/C11H15NOS/c1-3-6-10(4-2)14-12-11(9-13)7-5-8-11/h3-4,6,9,12H,1-2,5,7-8H2/b10-6+. The van der Waals surface area contributed by atoms with E-state index in [1.807, 2.05) is 6.08 Å². The maximum atomic E-state index is 10.8. The average molecular weight is 209 g/mol. The fourth-order valence-electron chi connectivity index (χ4n) is 1.22. The number of aldehydes is 1. The maximum Gasteiger partial charge on any atom is 0.140 e. The van der Waals surface area contributed by atoms with Gasteiger partial charge in [0.1, 0.15) is 6.29 Å². The molecule has 0 atom stereocenters. The molecule has 76 valence electrons. The zero-order chi connectivity index (χ0) is 10.4. The molecule has 0 saturated heterocycles. The number of carbonyl (C=O) groups excluding carboxylic acids is 1. The van der Waals surface area contributed by atoms with Crippen LogP contribution in [-0.4, -0.2) is 11.8 Å². The van der Waals surface area contributed by atoms with Gasteiger partial charge in [0.25, 0.3) is 0 Å². The molecule has 0 bridgehead atoms. The Bertz CT molecular complexity index is 266. The smallest absolute Gasteiger partial charge is 0.140 e. The molecule has 0 aliphatic heterocycles. The van der Waals surface area contributed by atoms with Crippen molar-refractivity contribution in [2.75, 3.05) is 0 Å². The van der Waals surface area contributed by atoms with Crippen LogP contribution in [0.25, 0.3) is 0 Å². The van der Waals surface area contributed by atoms with Gasteiger partial charge in [-0.25, -0.2) is 4.72 Å². The van der Waals surface area contributed by atoms with E-state index in [9.17, 15) is 4.79 Å². The molecule has 0 amide bonds. The van der Waals surface area contributed by atoms with E-state index in [1.54, 1.807) is 12.2 Å². The van der Waals surface area contributed by atoms with Crippen LogP contribution in [0.15, 0.2) is 36.3 Å². The summed E-state index contributed by atoms with van der Waals surface area (Å²) in [6.07, 6.45) is 9.32. The highest BCUT2D eigenvalue weighted by atomic mass is 32.2. The van der Waals surface area contributed by atoms with E-state index < -0.39 is 0 Å². The summed E-state index contributed by atoms with van der Waals surface area (Å²) in [4.78, 5) is 11.8. The predicted molar refractivity (Wildman–Crippen MR) is 61.8 cm³/mol. The number of allylic oxidation sites excluding steroid dienone is 3. The molecular formula is C11H15NOS. The van der Waals surface area contributed by atoms with Gasteiger partial charge in [-0.15, -0.1) is 0 Å². The zero-order valence-electron chi connectivity index (χ0n) is 8.16. The van der Waals surface area contributed by atoms with E-state index in [1.165, 1.54) is 11.9 Å². The van der Waals surface area contributed by atoms with Crippen molar-refractivity contribution in [3.05, 3.63) is 36.3 Å². The Hall–Kier alpha value is -0.800. The third kappa shape index (κ3) is 2.59. The Morgan fingerprint density at radius 2 is 2.14 bits per heavy atom. The minimum absolute atomic E-state index is 0.298. The highest BCUT2D eigenvalue weighted by Crippen LogP contribution is 2.32. The summed E-state index contributed by atoms with van der Waals surface area (Å²) in [6.45, 7) is 7.30.